The fourth-order valence-electron chi connectivity index (χ4n) is 2.92. The van der Waals surface area contributed by atoms with Crippen molar-refractivity contribution >= 4 is 11.7 Å². The van der Waals surface area contributed by atoms with E-state index in [1.54, 1.807) is 18.2 Å². The molecular weight excluding hydrogens is 425 g/mol. The normalized spacial score (nSPS) is 11.5. The first kappa shape index (κ1) is 22.8. The number of rotatable bonds is 8. The lowest BCUT2D eigenvalue weighted by Gasteiger charge is -2.11. The minimum absolute atomic E-state index is 0.137. The highest BCUT2D eigenvalue weighted by Gasteiger charge is 2.30. The Kier molecular flexibility index (Phi) is 7.09. The van der Waals surface area contributed by atoms with Crippen molar-refractivity contribution in [1.29, 1.82) is 0 Å². The van der Waals surface area contributed by atoms with Gasteiger partial charge in [0.15, 0.2) is 0 Å². The van der Waals surface area contributed by atoms with Gasteiger partial charge in [-0.15, -0.1) is 13.2 Å². The predicted octanol–water partition coefficient (Wildman–Crippen LogP) is 6.17. The number of carbonyl (C=O) groups is 1. The summed E-state index contributed by atoms with van der Waals surface area (Å²) in [6.45, 7) is 0.184. The number of halogens is 3. The second kappa shape index (κ2) is 9.95. The summed E-state index contributed by atoms with van der Waals surface area (Å²) >= 11 is 0. The van der Waals surface area contributed by atoms with Crippen molar-refractivity contribution in [3.05, 3.63) is 89.0 Å². The Morgan fingerprint density at radius 1 is 0.938 bits per heavy atom. The van der Waals surface area contributed by atoms with Crippen molar-refractivity contribution in [2.24, 2.45) is 10.2 Å². The Hall–Kier alpha value is -3.88. The summed E-state index contributed by atoms with van der Waals surface area (Å²) in [7, 11) is 1.51. The van der Waals surface area contributed by atoms with E-state index < -0.39 is 12.3 Å². The van der Waals surface area contributed by atoms with Gasteiger partial charge in [0.05, 0.1) is 11.3 Å². The quantitative estimate of drug-likeness (QED) is 0.422. The number of hydrogen-bond donors (Lipinski definition) is 1. The summed E-state index contributed by atoms with van der Waals surface area (Å²) < 4.78 is 46.2. The minimum atomic E-state index is -4.72. The van der Waals surface area contributed by atoms with Gasteiger partial charge in [0.25, 0.3) is 0 Å². The van der Waals surface area contributed by atoms with Gasteiger partial charge >= 0.3 is 12.3 Å². The zero-order chi connectivity index (χ0) is 23.1. The Bertz CT molecular complexity index is 1100. The summed E-state index contributed by atoms with van der Waals surface area (Å²) in [6.07, 6.45) is -4.20. The SMILES string of the molecule is C/N=N\c1cc(C(=O)O)ccc1Cc1ccc(OCc2ccc(OC(F)(F)F)cc2)cc1. The molecule has 9 heteroatoms. The molecule has 0 radical (unpaired) electrons. The molecule has 0 unspecified atom stereocenters. The van der Waals surface area contributed by atoms with Gasteiger partial charge in [-0.05, 0) is 59.5 Å². The number of alkyl halides is 3. The van der Waals surface area contributed by atoms with Crippen LogP contribution in [0.25, 0.3) is 0 Å². The number of benzene rings is 3. The van der Waals surface area contributed by atoms with Gasteiger partial charge in [-0.1, -0.05) is 30.3 Å². The van der Waals surface area contributed by atoms with Gasteiger partial charge < -0.3 is 14.6 Å². The molecule has 1 N–H and O–H groups in total. The molecule has 0 spiro atoms. The van der Waals surface area contributed by atoms with Crippen molar-refractivity contribution in [1.82, 2.24) is 0 Å². The molecule has 0 heterocycles. The van der Waals surface area contributed by atoms with Crippen LogP contribution in [-0.4, -0.2) is 24.5 Å². The number of hydrogen-bond acceptors (Lipinski definition) is 5. The average Bonchev–Trinajstić information content (AvgIpc) is 2.74. The molecule has 6 nitrogen and oxygen atoms in total. The van der Waals surface area contributed by atoms with Gasteiger partial charge in [-0.25, -0.2) is 4.79 Å². The van der Waals surface area contributed by atoms with Crippen molar-refractivity contribution in [2.75, 3.05) is 7.05 Å². The van der Waals surface area contributed by atoms with E-state index in [2.05, 4.69) is 15.0 Å². The second-order valence-corrected chi connectivity index (χ2v) is 6.75. The second-order valence-electron chi connectivity index (χ2n) is 6.75. The van der Waals surface area contributed by atoms with E-state index in [0.717, 1.165) is 11.1 Å². The number of ether oxygens (including phenoxy) is 2. The average molecular weight is 444 g/mol. The van der Waals surface area contributed by atoms with Gasteiger partial charge in [-0.3, -0.25) is 0 Å². The smallest absolute Gasteiger partial charge is 0.489 e. The lowest BCUT2D eigenvalue weighted by Crippen LogP contribution is -2.17. The minimum Gasteiger partial charge on any atom is -0.489 e. The van der Waals surface area contributed by atoms with Crippen LogP contribution in [0.1, 0.15) is 27.0 Å². The van der Waals surface area contributed by atoms with Crippen LogP contribution in [0.5, 0.6) is 11.5 Å². The maximum Gasteiger partial charge on any atom is 0.573 e. The molecule has 166 valence electrons. The van der Waals surface area contributed by atoms with Crippen molar-refractivity contribution in [3.63, 3.8) is 0 Å². The van der Waals surface area contributed by atoms with E-state index in [1.807, 2.05) is 12.1 Å². The molecule has 32 heavy (non-hydrogen) atoms. The zero-order valence-electron chi connectivity index (χ0n) is 17.0. The van der Waals surface area contributed by atoms with E-state index in [0.29, 0.717) is 23.4 Å². The number of azo groups is 1. The van der Waals surface area contributed by atoms with Gasteiger partial charge in [0.2, 0.25) is 0 Å². The van der Waals surface area contributed by atoms with E-state index in [4.69, 9.17) is 9.84 Å². The van der Waals surface area contributed by atoms with E-state index in [1.165, 1.54) is 43.4 Å². The molecule has 0 amide bonds. The molecule has 0 atom stereocenters. The molecule has 0 aliphatic carbocycles. The Morgan fingerprint density at radius 2 is 1.56 bits per heavy atom. The van der Waals surface area contributed by atoms with E-state index in [9.17, 15) is 18.0 Å². The van der Waals surface area contributed by atoms with E-state index in [-0.39, 0.29) is 17.9 Å². The summed E-state index contributed by atoms with van der Waals surface area (Å²) in [5, 5.41) is 16.9. The molecule has 0 saturated carbocycles. The van der Waals surface area contributed by atoms with Crippen LogP contribution >= 0.6 is 0 Å². The number of aromatic carboxylic acids is 1. The Balaban J connectivity index is 1.61. The van der Waals surface area contributed by atoms with Crippen molar-refractivity contribution < 1.29 is 32.5 Å². The molecule has 0 fully saturated rings. The topological polar surface area (TPSA) is 80.5 Å². The largest absolute Gasteiger partial charge is 0.573 e. The lowest BCUT2D eigenvalue weighted by molar-refractivity contribution is -0.274. The molecule has 0 aromatic heterocycles. The zero-order valence-corrected chi connectivity index (χ0v) is 17.0. The number of carboxylic acids is 1. The van der Waals surface area contributed by atoms with Gasteiger partial charge in [0.1, 0.15) is 18.1 Å². The van der Waals surface area contributed by atoms with Crippen molar-refractivity contribution in [2.45, 2.75) is 19.4 Å². The molecule has 3 rings (SSSR count). The van der Waals surface area contributed by atoms with Gasteiger partial charge in [0, 0.05) is 7.05 Å². The fourth-order valence-corrected chi connectivity index (χ4v) is 2.92. The molecule has 0 aliphatic rings. The van der Waals surface area contributed by atoms with Crippen LogP contribution in [0.3, 0.4) is 0 Å². The van der Waals surface area contributed by atoms with Crippen LogP contribution < -0.4 is 9.47 Å². The molecular formula is C23H19F3N2O4. The third-order valence-corrected chi connectivity index (χ3v) is 4.42. The first-order chi connectivity index (χ1) is 15.2. The summed E-state index contributed by atoms with van der Waals surface area (Å²) in [5.41, 5.74) is 3.11. The molecule has 0 aliphatic heterocycles. The van der Waals surface area contributed by atoms with Crippen LogP contribution in [0.2, 0.25) is 0 Å². The lowest BCUT2D eigenvalue weighted by atomic mass is 10.0. The highest BCUT2D eigenvalue weighted by Crippen LogP contribution is 2.26. The summed E-state index contributed by atoms with van der Waals surface area (Å²) in [4.78, 5) is 11.2. The third-order valence-electron chi connectivity index (χ3n) is 4.42. The van der Waals surface area contributed by atoms with E-state index >= 15 is 0 Å². The van der Waals surface area contributed by atoms with Crippen LogP contribution in [0.15, 0.2) is 77.0 Å². The first-order valence-electron chi connectivity index (χ1n) is 9.46. The molecule has 0 bridgehead atoms. The predicted molar refractivity (Wildman–Crippen MR) is 111 cm³/mol. The van der Waals surface area contributed by atoms with Crippen LogP contribution in [-0.2, 0) is 13.0 Å². The molecule has 3 aromatic rings. The molecule has 0 saturated heterocycles. The Labute approximate surface area is 181 Å². The van der Waals surface area contributed by atoms with Crippen LogP contribution in [0, 0.1) is 0 Å². The maximum atomic E-state index is 12.2. The molecule has 3 aromatic carbocycles. The van der Waals surface area contributed by atoms with Crippen molar-refractivity contribution in [3.8, 4) is 11.5 Å². The Morgan fingerprint density at radius 3 is 2.16 bits per heavy atom. The standard InChI is InChI=1S/C23H19F3N2O4/c1-27-28-21-13-18(22(29)30)7-6-17(21)12-15-2-8-19(9-3-15)31-14-16-4-10-20(11-5-16)32-23(24,25)26/h2-11,13H,12,14H2,1H3,(H,29,30)/b28-27-. The summed E-state index contributed by atoms with van der Waals surface area (Å²) in [5.74, 6) is -0.726. The third kappa shape index (κ3) is 6.56. The number of carboxylic acid groups (broad SMARTS) is 1. The summed E-state index contributed by atoms with van der Waals surface area (Å²) in [6, 6.07) is 17.5. The highest BCUT2D eigenvalue weighted by atomic mass is 19.4. The fraction of sp³-hybridized carbons (Fsp3) is 0.174. The maximum absolute atomic E-state index is 12.2. The van der Waals surface area contributed by atoms with Gasteiger partial charge in [-0.2, -0.15) is 10.2 Å². The highest BCUT2D eigenvalue weighted by molar-refractivity contribution is 5.88. The number of nitrogens with zero attached hydrogens (tertiary/aromatic N) is 2. The monoisotopic (exact) mass is 444 g/mol. The first-order valence-corrected chi connectivity index (χ1v) is 9.46. The van der Waals surface area contributed by atoms with Crippen LogP contribution in [0.4, 0.5) is 18.9 Å².